The Morgan fingerprint density at radius 2 is 1.82 bits per heavy atom. The highest BCUT2D eigenvalue weighted by Crippen LogP contribution is 2.25. The molecule has 0 bridgehead atoms. The third-order valence-electron chi connectivity index (χ3n) is 3.10. The zero-order chi connectivity index (χ0) is 7.68. The van der Waals surface area contributed by atoms with Gasteiger partial charge in [-0.1, -0.05) is 12.8 Å². The minimum absolute atomic E-state index is 0.468. The van der Waals surface area contributed by atoms with Crippen LogP contribution in [-0.4, -0.2) is 30.1 Å². The van der Waals surface area contributed by atoms with E-state index in [9.17, 15) is 0 Å². The highest BCUT2D eigenvalue weighted by molar-refractivity contribution is 4.85. The SMILES string of the molecule is N[C@@H]1CCN(C2CCCC2)C1. The van der Waals surface area contributed by atoms with E-state index in [4.69, 9.17) is 5.73 Å². The van der Waals surface area contributed by atoms with Gasteiger partial charge in [0.1, 0.15) is 0 Å². The third-order valence-corrected chi connectivity index (χ3v) is 3.10. The van der Waals surface area contributed by atoms with Crippen molar-refractivity contribution in [3.8, 4) is 0 Å². The van der Waals surface area contributed by atoms with Crippen LogP contribution in [0, 0.1) is 0 Å². The second kappa shape index (κ2) is 3.11. The number of likely N-dealkylation sites (tertiary alicyclic amines) is 1. The molecule has 0 spiro atoms. The maximum absolute atomic E-state index is 5.85. The van der Waals surface area contributed by atoms with Gasteiger partial charge in [-0.2, -0.15) is 0 Å². The molecule has 0 aromatic heterocycles. The smallest absolute Gasteiger partial charge is 0.0180 e. The number of rotatable bonds is 1. The molecule has 1 aliphatic carbocycles. The summed E-state index contributed by atoms with van der Waals surface area (Å²) in [4.78, 5) is 2.59. The minimum Gasteiger partial charge on any atom is -0.326 e. The van der Waals surface area contributed by atoms with Crippen molar-refractivity contribution in [2.75, 3.05) is 13.1 Å². The van der Waals surface area contributed by atoms with Gasteiger partial charge < -0.3 is 5.73 Å². The van der Waals surface area contributed by atoms with Crippen molar-refractivity contribution in [3.05, 3.63) is 0 Å². The first kappa shape index (κ1) is 7.56. The Kier molecular flexibility index (Phi) is 2.14. The van der Waals surface area contributed by atoms with Gasteiger partial charge in [-0.05, 0) is 19.3 Å². The second-order valence-corrected chi connectivity index (χ2v) is 3.98. The Bertz CT molecular complexity index is 130. The molecule has 11 heavy (non-hydrogen) atoms. The largest absolute Gasteiger partial charge is 0.326 e. The van der Waals surface area contributed by atoms with Gasteiger partial charge >= 0.3 is 0 Å². The molecule has 1 saturated heterocycles. The Hall–Kier alpha value is -0.0800. The van der Waals surface area contributed by atoms with Gasteiger partial charge in [-0.15, -0.1) is 0 Å². The summed E-state index contributed by atoms with van der Waals surface area (Å²) in [5.41, 5.74) is 5.85. The van der Waals surface area contributed by atoms with Crippen LogP contribution in [-0.2, 0) is 0 Å². The summed E-state index contributed by atoms with van der Waals surface area (Å²) < 4.78 is 0. The Morgan fingerprint density at radius 3 is 2.36 bits per heavy atom. The van der Waals surface area contributed by atoms with Crippen LogP contribution in [0.3, 0.4) is 0 Å². The van der Waals surface area contributed by atoms with Crippen LogP contribution in [0.4, 0.5) is 0 Å². The lowest BCUT2D eigenvalue weighted by Gasteiger charge is -2.22. The number of hydrogen-bond acceptors (Lipinski definition) is 2. The lowest BCUT2D eigenvalue weighted by Crippen LogP contribution is -2.33. The van der Waals surface area contributed by atoms with Crippen molar-refractivity contribution in [1.82, 2.24) is 4.90 Å². The monoisotopic (exact) mass is 154 g/mol. The fourth-order valence-corrected chi connectivity index (χ4v) is 2.42. The molecule has 64 valence electrons. The molecule has 0 unspecified atom stereocenters. The Balaban J connectivity index is 1.85. The molecular weight excluding hydrogens is 136 g/mol. The molecule has 1 heterocycles. The summed E-state index contributed by atoms with van der Waals surface area (Å²) in [6.45, 7) is 2.41. The lowest BCUT2D eigenvalue weighted by atomic mass is 10.2. The van der Waals surface area contributed by atoms with Gasteiger partial charge in [0, 0.05) is 25.2 Å². The zero-order valence-corrected chi connectivity index (χ0v) is 7.13. The summed E-state index contributed by atoms with van der Waals surface area (Å²) in [6.07, 6.45) is 6.95. The molecule has 0 aromatic rings. The zero-order valence-electron chi connectivity index (χ0n) is 7.13. The molecule has 2 nitrogen and oxygen atoms in total. The normalized spacial score (nSPS) is 35.2. The highest BCUT2D eigenvalue weighted by Gasteiger charge is 2.27. The van der Waals surface area contributed by atoms with Crippen molar-refractivity contribution < 1.29 is 0 Å². The van der Waals surface area contributed by atoms with Crippen LogP contribution in [0.1, 0.15) is 32.1 Å². The van der Waals surface area contributed by atoms with Crippen LogP contribution in [0.5, 0.6) is 0 Å². The Morgan fingerprint density at radius 1 is 1.09 bits per heavy atom. The van der Waals surface area contributed by atoms with Gasteiger partial charge in [0.15, 0.2) is 0 Å². The average molecular weight is 154 g/mol. The summed E-state index contributed by atoms with van der Waals surface area (Å²) in [7, 11) is 0. The van der Waals surface area contributed by atoms with E-state index in [1.807, 2.05) is 0 Å². The molecule has 0 amide bonds. The van der Waals surface area contributed by atoms with Crippen molar-refractivity contribution in [2.45, 2.75) is 44.2 Å². The predicted octanol–water partition coefficient (Wildman–Crippen LogP) is 0.962. The lowest BCUT2D eigenvalue weighted by molar-refractivity contribution is 0.243. The first-order chi connectivity index (χ1) is 5.36. The van der Waals surface area contributed by atoms with E-state index in [1.165, 1.54) is 38.6 Å². The van der Waals surface area contributed by atoms with E-state index in [0.717, 1.165) is 12.6 Å². The first-order valence-electron chi connectivity index (χ1n) is 4.86. The number of nitrogens with two attached hydrogens (primary N) is 1. The van der Waals surface area contributed by atoms with Gasteiger partial charge in [-0.25, -0.2) is 0 Å². The van der Waals surface area contributed by atoms with Gasteiger partial charge in [-0.3, -0.25) is 4.90 Å². The molecule has 1 saturated carbocycles. The maximum Gasteiger partial charge on any atom is 0.0180 e. The van der Waals surface area contributed by atoms with E-state index in [0.29, 0.717) is 6.04 Å². The summed E-state index contributed by atoms with van der Waals surface area (Å²) in [5.74, 6) is 0. The minimum atomic E-state index is 0.468. The standard InChI is InChI=1S/C9H18N2/c10-8-5-6-11(7-8)9-3-1-2-4-9/h8-9H,1-7,10H2/t8-/m1/s1. The van der Waals surface area contributed by atoms with Crippen molar-refractivity contribution in [3.63, 3.8) is 0 Å². The predicted molar refractivity (Wildman–Crippen MR) is 46.4 cm³/mol. The van der Waals surface area contributed by atoms with Gasteiger partial charge in [0.25, 0.3) is 0 Å². The average Bonchev–Trinajstić information content (AvgIpc) is 2.55. The summed E-state index contributed by atoms with van der Waals surface area (Å²) >= 11 is 0. The van der Waals surface area contributed by atoms with Crippen LogP contribution in [0.2, 0.25) is 0 Å². The summed E-state index contributed by atoms with van der Waals surface area (Å²) in [5, 5.41) is 0. The number of nitrogens with zero attached hydrogens (tertiary/aromatic N) is 1. The van der Waals surface area contributed by atoms with Crippen molar-refractivity contribution in [2.24, 2.45) is 5.73 Å². The molecule has 2 N–H and O–H groups in total. The third kappa shape index (κ3) is 1.57. The van der Waals surface area contributed by atoms with E-state index < -0.39 is 0 Å². The quantitative estimate of drug-likeness (QED) is 0.609. The van der Waals surface area contributed by atoms with Crippen LogP contribution >= 0.6 is 0 Å². The second-order valence-electron chi connectivity index (χ2n) is 3.98. The van der Waals surface area contributed by atoms with Gasteiger partial charge in [0.05, 0.1) is 0 Å². The van der Waals surface area contributed by atoms with Crippen LogP contribution < -0.4 is 5.73 Å². The van der Waals surface area contributed by atoms with Crippen LogP contribution in [0.25, 0.3) is 0 Å². The topological polar surface area (TPSA) is 29.3 Å². The molecule has 2 heteroatoms. The highest BCUT2D eigenvalue weighted by atomic mass is 15.2. The summed E-state index contributed by atoms with van der Waals surface area (Å²) in [6, 6.07) is 1.36. The Labute approximate surface area is 68.7 Å². The molecule has 1 aliphatic heterocycles. The van der Waals surface area contributed by atoms with E-state index in [-0.39, 0.29) is 0 Å². The van der Waals surface area contributed by atoms with Gasteiger partial charge in [0.2, 0.25) is 0 Å². The fraction of sp³-hybridized carbons (Fsp3) is 1.00. The number of hydrogen-bond donors (Lipinski definition) is 1. The maximum atomic E-state index is 5.85. The van der Waals surface area contributed by atoms with Crippen molar-refractivity contribution in [1.29, 1.82) is 0 Å². The molecule has 2 fully saturated rings. The molecule has 1 atom stereocenters. The molecule has 2 rings (SSSR count). The van der Waals surface area contributed by atoms with E-state index in [1.54, 1.807) is 0 Å². The van der Waals surface area contributed by atoms with Crippen molar-refractivity contribution >= 4 is 0 Å². The fourth-order valence-electron chi connectivity index (χ4n) is 2.42. The molecular formula is C9H18N2. The first-order valence-corrected chi connectivity index (χ1v) is 4.86. The van der Waals surface area contributed by atoms with E-state index in [2.05, 4.69) is 4.90 Å². The molecule has 0 radical (unpaired) electrons. The molecule has 0 aromatic carbocycles. The molecule has 2 aliphatic rings. The van der Waals surface area contributed by atoms with E-state index >= 15 is 0 Å². The van der Waals surface area contributed by atoms with Crippen LogP contribution in [0.15, 0.2) is 0 Å².